The van der Waals surface area contributed by atoms with Crippen LogP contribution in [0.5, 0.6) is 0 Å². The molecule has 0 aromatic heterocycles. The highest BCUT2D eigenvalue weighted by molar-refractivity contribution is 5.55. The van der Waals surface area contributed by atoms with E-state index in [9.17, 15) is 0 Å². The zero-order valence-electron chi connectivity index (χ0n) is 13.8. The molecule has 0 bridgehead atoms. The lowest BCUT2D eigenvalue weighted by molar-refractivity contribution is 0.403. The Labute approximate surface area is 134 Å². The number of rotatable bonds is 3. The monoisotopic (exact) mass is 294 g/mol. The van der Waals surface area contributed by atoms with E-state index in [1.807, 2.05) is 0 Å². The third-order valence-electron chi connectivity index (χ3n) is 4.60. The second kappa shape index (κ2) is 6.53. The van der Waals surface area contributed by atoms with Gasteiger partial charge in [0.05, 0.1) is 0 Å². The fourth-order valence-electron chi connectivity index (χ4n) is 3.12. The van der Waals surface area contributed by atoms with Crippen molar-refractivity contribution >= 4 is 5.69 Å². The molecule has 0 radical (unpaired) electrons. The van der Waals surface area contributed by atoms with Gasteiger partial charge in [0.15, 0.2) is 0 Å². The SMILES string of the molecule is Cc1ccc(CN2CC(C(C)C)NCc3ccccc32)cc1. The fourth-order valence-corrected chi connectivity index (χ4v) is 3.12. The van der Waals surface area contributed by atoms with E-state index in [1.54, 1.807) is 0 Å². The number of para-hydroxylation sites is 1. The Hall–Kier alpha value is -1.80. The highest BCUT2D eigenvalue weighted by Crippen LogP contribution is 2.26. The summed E-state index contributed by atoms with van der Waals surface area (Å²) in [5.41, 5.74) is 5.48. The molecule has 2 heteroatoms. The van der Waals surface area contributed by atoms with Crippen molar-refractivity contribution < 1.29 is 0 Å². The number of aryl methyl sites for hydroxylation is 1. The molecule has 116 valence electrons. The Bertz CT molecular complexity index is 616. The molecular formula is C20H26N2. The number of nitrogens with zero attached hydrogens (tertiary/aromatic N) is 1. The summed E-state index contributed by atoms with van der Waals surface area (Å²) in [5.74, 6) is 0.634. The Morgan fingerprint density at radius 1 is 1.09 bits per heavy atom. The van der Waals surface area contributed by atoms with Gasteiger partial charge in [-0.1, -0.05) is 61.9 Å². The molecule has 2 nitrogen and oxygen atoms in total. The van der Waals surface area contributed by atoms with Crippen molar-refractivity contribution in [3.63, 3.8) is 0 Å². The first-order chi connectivity index (χ1) is 10.6. The molecule has 22 heavy (non-hydrogen) atoms. The molecule has 3 rings (SSSR count). The molecule has 1 atom stereocenters. The number of benzene rings is 2. The molecule has 0 spiro atoms. The van der Waals surface area contributed by atoms with Crippen LogP contribution in [0.4, 0.5) is 5.69 Å². The van der Waals surface area contributed by atoms with Gasteiger partial charge in [0.2, 0.25) is 0 Å². The maximum Gasteiger partial charge on any atom is 0.0430 e. The quantitative estimate of drug-likeness (QED) is 0.915. The minimum atomic E-state index is 0.526. The van der Waals surface area contributed by atoms with Crippen LogP contribution in [-0.2, 0) is 13.1 Å². The van der Waals surface area contributed by atoms with Crippen molar-refractivity contribution in [3.8, 4) is 0 Å². The van der Waals surface area contributed by atoms with Gasteiger partial charge in [0.25, 0.3) is 0 Å². The molecule has 1 unspecified atom stereocenters. The van der Waals surface area contributed by atoms with E-state index >= 15 is 0 Å². The number of nitrogens with one attached hydrogen (secondary N) is 1. The van der Waals surface area contributed by atoms with Crippen LogP contribution in [0.25, 0.3) is 0 Å². The molecule has 0 saturated heterocycles. The second-order valence-corrected chi connectivity index (χ2v) is 6.73. The lowest BCUT2D eigenvalue weighted by Crippen LogP contribution is -2.41. The standard InChI is InChI=1S/C20H26N2/c1-15(2)19-14-22(13-17-10-8-16(3)9-11-17)20-7-5-4-6-18(20)12-21-19/h4-11,15,19,21H,12-14H2,1-3H3. The summed E-state index contributed by atoms with van der Waals surface area (Å²) in [7, 11) is 0. The molecule has 2 aromatic rings. The van der Waals surface area contributed by atoms with E-state index in [2.05, 4.69) is 79.5 Å². The Morgan fingerprint density at radius 3 is 2.55 bits per heavy atom. The minimum Gasteiger partial charge on any atom is -0.365 e. The first kappa shape index (κ1) is 15.1. The van der Waals surface area contributed by atoms with Gasteiger partial charge in [-0.25, -0.2) is 0 Å². The molecule has 0 amide bonds. The van der Waals surface area contributed by atoms with Crippen molar-refractivity contribution in [2.24, 2.45) is 5.92 Å². The Morgan fingerprint density at radius 2 is 1.82 bits per heavy atom. The van der Waals surface area contributed by atoms with Gasteiger partial charge in [-0.05, 0) is 30.0 Å². The summed E-state index contributed by atoms with van der Waals surface area (Å²) in [4.78, 5) is 2.53. The average molecular weight is 294 g/mol. The average Bonchev–Trinajstić information content (AvgIpc) is 2.70. The van der Waals surface area contributed by atoms with Gasteiger partial charge in [-0.2, -0.15) is 0 Å². The number of anilines is 1. The smallest absolute Gasteiger partial charge is 0.0430 e. The molecule has 0 saturated carbocycles. The zero-order valence-corrected chi connectivity index (χ0v) is 13.8. The van der Waals surface area contributed by atoms with Gasteiger partial charge >= 0.3 is 0 Å². The number of hydrogen-bond acceptors (Lipinski definition) is 2. The maximum atomic E-state index is 3.72. The van der Waals surface area contributed by atoms with E-state index in [-0.39, 0.29) is 0 Å². The summed E-state index contributed by atoms with van der Waals surface area (Å²) in [6.07, 6.45) is 0. The van der Waals surface area contributed by atoms with Crippen LogP contribution in [0.1, 0.15) is 30.5 Å². The lowest BCUT2D eigenvalue weighted by atomic mass is 10.0. The van der Waals surface area contributed by atoms with E-state index in [4.69, 9.17) is 0 Å². The molecule has 1 aliphatic rings. The Balaban J connectivity index is 1.89. The van der Waals surface area contributed by atoms with Gasteiger partial charge in [0, 0.05) is 31.4 Å². The third kappa shape index (κ3) is 3.33. The van der Waals surface area contributed by atoms with Gasteiger partial charge < -0.3 is 10.2 Å². The molecule has 2 aromatic carbocycles. The summed E-state index contributed by atoms with van der Waals surface area (Å²) < 4.78 is 0. The topological polar surface area (TPSA) is 15.3 Å². The first-order valence-corrected chi connectivity index (χ1v) is 8.25. The van der Waals surface area contributed by atoms with Crippen LogP contribution in [0.2, 0.25) is 0 Å². The van der Waals surface area contributed by atoms with Crippen LogP contribution in [-0.4, -0.2) is 12.6 Å². The highest BCUT2D eigenvalue weighted by Gasteiger charge is 2.23. The van der Waals surface area contributed by atoms with E-state index in [1.165, 1.54) is 22.4 Å². The maximum absolute atomic E-state index is 3.72. The summed E-state index contributed by atoms with van der Waals surface area (Å²) in [6.45, 7) is 9.74. The second-order valence-electron chi connectivity index (χ2n) is 6.73. The van der Waals surface area contributed by atoms with Crippen molar-refractivity contribution in [1.82, 2.24) is 5.32 Å². The number of hydrogen-bond donors (Lipinski definition) is 1. The molecule has 0 fully saturated rings. The molecular weight excluding hydrogens is 268 g/mol. The van der Waals surface area contributed by atoms with Crippen LogP contribution in [0.3, 0.4) is 0 Å². The van der Waals surface area contributed by atoms with Crippen LogP contribution >= 0.6 is 0 Å². The van der Waals surface area contributed by atoms with Gasteiger partial charge in [-0.3, -0.25) is 0 Å². The van der Waals surface area contributed by atoms with E-state index < -0.39 is 0 Å². The summed E-state index contributed by atoms with van der Waals surface area (Å²) >= 11 is 0. The van der Waals surface area contributed by atoms with Crippen LogP contribution in [0, 0.1) is 12.8 Å². The summed E-state index contributed by atoms with van der Waals surface area (Å²) in [6, 6.07) is 18.2. The predicted octanol–water partition coefficient (Wildman–Crippen LogP) is 4.13. The largest absolute Gasteiger partial charge is 0.365 e. The van der Waals surface area contributed by atoms with Crippen molar-refractivity contribution in [3.05, 3.63) is 65.2 Å². The molecule has 1 heterocycles. The minimum absolute atomic E-state index is 0.526. The Kier molecular flexibility index (Phi) is 4.49. The summed E-state index contributed by atoms with van der Waals surface area (Å²) in [5, 5.41) is 3.72. The van der Waals surface area contributed by atoms with Crippen molar-refractivity contribution in [2.45, 2.75) is 39.9 Å². The van der Waals surface area contributed by atoms with E-state index in [0.29, 0.717) is 12.0 Å². The number of fused-ring (bicyclic) bond motifs is 1. The normalized spacial score (nSPS) is 18.2. The molecule has 0 aliphatic carbocycles. The fraction of sp³-hybridized carbons (Fsp3) is 0.400. The van der Waals surface area contributed by atoms with Crippen LogP contribution < -0.4 is 10.2 Å². The lowest BCUT2D eigenvalue weighted by Gasteiger charge is -2.29. The van der Waals surface area contributed by atoms with Gasteiger partial charge in [0.1, 0.15) is 0 Å². The predicted molar refractivity (Wildman–Crippen MR) is 94.1 cm³/mol. The zero-order chi connectivity index (χ0) is 15.5. The molecule has 1 N–H and O–H groups in total. The van der Waals surface area contributed by atoms with E-state index in [0.717, 1.165) is 19.6 Å². The third-order valence-corrected chi connectivity index (χ3v) is 4.60. The molecule has 1 aliphatic heterocycles. The first-order valence-electron chi connectivity index (χ1n) is 8.25. The van der Waals surface area contributed by atoms with Gasteiger partial charge in [-0.15, -0.1) is 0 Å². The van der Waals surface area contributed by atoms with Crippen LogP contribution in [0.15, 0.2) is 48.5 Å². The van der Waals surface area contributed by atoms with Crippen molar-refractivity contribution in [1.29, 1.82) is 0 Å². The van der Waals surface area contributed by atoms with Crippen molar-refractivity contribution in [2.75, 3.05) is 11.4 Å². The highest BCUT2D eigenvalue weighted by atomic mass is 15.2.